The number of amides is 1. The van der Waals surface area contributed by atoms with E-state index >= 15 is 0 Å². The predicted molar refractivity (Wildman–Crippen MR) is 87.4 cm³/mol. The van der Waals surface area contributed by atoms with E-state index in [1.807, 2.05) is 43.0 Å². The van der Waals surface area contributed by atoms with Crippen LogP contribution in [0.3, 0.4) is 0 Å². The van der Waals surface area contributed by atoms with E-state index < -0.39 is 0 Å². The SMILES string of the molecule is CC(C)=CC(=O)N1CCN(Cc2nc3ccccc3[nH]2)CC1. The molecule has 0 unspecified atom stereocenters. The van der Waals surface area contributed by atoms with Crippen LogP contribution in [0.15, 0.2) is 35.9 Å². The van der Waals surface area contributed by atoms with Gasteiger partial charge in [-0.25, -0.2) is 4.98 Å². The van der Waals surface area contributed by atoms with E-state index in [4.69, 9.17) is 0 Å². The molecule has 3 rings (SSSR count). The van der Waals surface area contributed by atoms with Crippen molar-refractivity contribution in [1.29, 1.82) is 0 Å². The van der Waals surface area contributed by atoms with E-state index in [-0.39, 0.29) is 5.91 Å². The van der Waals surface area contributed by atoms with Gasteiger partial charge in [-0.3, -0.25) is 9.69 Å². The van der Waals surface area contributed by atoms with E-state index in [9.17, 15) is 4.79 Å². The quantitative estimate of drug-likeness (QED) is 0.884. The van der Waals surface area contributed by atoms with Crippen LogP contribution < -0.4 is 0 Å². The number of imidazole rings is 1. The lowest BCUT2D eigenvalue weighted by Gasteiger charge is -2.33. The smallest absolute Gasteiger partial charge is 0.246 e. The number of nitrogens with one attached hydrogen (secondary N) is 1. The molecule has 116 valence electrons. The highest BCUT2D eigenvalue weighted by Gasteiger charge is 2.20. The molecule has 0 spiro atoms. The van der Waals surface area contributed by atoms with Gasteiger partial charge in [0.25, 0.3) is 0 Å². The third-order valence-corrected chi connectivity index (χ3v) is 3.91. The van der Waals surface area contributed by atoms with Gasteiger partial charge in [0.2, 0.25) is 5.91 Å². The summed E-state index contributed by atoms with van der Waals surface area (Å²) in [7, 11) is 0. The Hall–Kier alpha value is -2.14. The average molecular weight is 298 g/mol. The lowest BCUT2D eigenvalue weighted by atomic mass is 10.2. The van der Waals surface area contributed by atoms with Crippen LogP contribution in [-0.2, 0) is 11.3 Å². The van der Waals surface area contributed by atoms with Gasteiger partial charge in [0.15, 0.2) is 0 Å². The zero-order valence-electron chi connectivity index (χ0n) is 13.2. The monoisotopic (exact) mass is 298 g/mol. The minimum absolute atomic E-state index is 0.128. The summed E-state index contributed by atoms with van der Waals surface area (Å²) in [6.07, 6.45) is 1.72. The standard InChI is InChI=1S/C17H22N4O/c1-13(2)11-17(22)21-9-7-20(8-10-21)12-16-18-14-5-3-4-6-15(14)19-16/h3-6,11H,7-10,12H2,1-2H3,(H,18,19). The Morgan fingerprint density at radius 3 is 2.64 bits per heavy atom. The van der Waals surface area contributed by atoms with Gasteiger partial charge in [0, 0.05) is 32.3 Å². The molecule has 5 heteroatoms. The molecule has 1 amide bonds. The molecule has 1 aliphatic heterocycles. The number of allylic oxidation sites excluding steroid dienone is 1. The highest BCUT2D eigenvalue weighted by Crippen LogP contribution is 2.13. The van der Waals surface area contributed by atoms with Crippen LogP contribution in [0, 0.1) is 0 Å². The molecule has 1 fully saturated rings. The van der Waals surface area contributed by atoms with Gasteiger partial charge in [0.05, 0.1) is 17.6 Å². The molecule has 0 aliphatic carbocycles. The van der Waals surface area contributed by atoms with Gasteiger partial charge in [-0.2, -0.15) is 0 Å². The maximum Gasteiger partial charge on any atom is 0.246 e. The van der Waals surface area contributed by atoms with Crippen molar-refractivity contribution in [2.45, 2.75) is 20.4 Å². The zero-order chi connectivity index (χ0) is 15.5. The van der Waals surface area contributed by atoms with Crippen molar-refractivity contribution in [2.75, 3.05) is 26.2 Å². The molecule has 1 saturated heterocycles. The van der Waals surface area contributed by atoms with Crippen LogP contribution in [-0.4, -0.2) is 51.9 Å². The van der Waals surface area contributed by atoms with Crippen molar-refractivity contribution in [2.24, 2.45) is 0 Å². The van der Waals surface area contributed by atoms with Gasteiger partial charge in [0.1, 0.15) is 5.82 Å². The van der Waals surface area contributed by atoms with Crippen LogP contribution in [0.25, 0.3) is 11.0 Å². The second-order valence-corrected chi connectivity index (χ2v) is 6.02. The number of H-pyrrole nitrogens is 1. The topological polar surface area (TPSA) is 52.2 Å². The van der Waals surface area contributed by atoms with Crippen LogP contribution in [0.1, 0.15) is 19.7 Å². The molecule has 0 bridgehead atoms. The minimum Gasteiger partial charge on any atom is -0.341 e. The van der Waals surface area contributed by atoms with E-state index in [2.05, 4.69) is 14.9 Å². The number of carbonyl (C=O) groups is 1. The summed E-state index contributed by atoms with van der Waals surface area (Å²) >= 11 is 0. The van der Waals surface area contributed by atoms with Crippen LogP contribution in [0.2, 0.25) is 0 Å². The Labute approximate surface area is 130 Å². The first kappa shape index (κ1) is 14.8. The number of para-hydroxylation sites is 2. The number of hydrogen-bond donors (Lipinski definition) is 1. The van der Waals surface area contributed by atoms with Crippen molar-refractivity contribution in [3.05, 3.63) is 41.7 Å². The number of aromatic amines is 1. The average Bonchev–Trinajstić information content (AvgIpc) is 2.89. The van der Waals surface area contributed by atoms with Crippen molar-refractivity contribution >= 4 is 16.9 Å². The van der Waals surface area contributed by atoms with Gasteiger partial charge >= 0.3 is 0 Å². The summed E-state index contributed by atoms with van der Waals surface area (Å²) in [4.78, 5) is 24.2. The number of rotatable bonds is 3. The summed E-state index contributed by atoms with van der Waals surface area (Å²) in [6, 6.07) is 8.08. The van der Waals surface area contributed by atoms with Gasteiger partial charge in [-0.05, 0) is 26.0 Å². The fourth-order valence-corrected chi connectivity index (χ4v) is 2.76. The molecule has 0 atom stereocenters. The highest BCUT2D eigenvalue weighted by molar-refractivity contribution is 5.88. The Bertz CT molecular complexity index is 659. The second-order valence-electron chi connectivity index (χ2n) is 6.02. The molecular weight excluding hydrogens is 276 g/mol. The molecule has 0 radical (unpaired) electrons. The first-order chi connectivity index (χ1) is 10.6. The Morgan fingerprint density at radius 2 is 1.95 bits per heavy atom. The molecule has 1 N–H and O–H groups in total. The third kappa shape index (κ3) is 3.36. The zero-order valence-corrected chi connectivity index (χ0v) is 13.2. The van der Waals surface area contributed by atoms with Gasteiger partial charge in [-0.15, -0.1) is 0 Å². The van der Waals surface area contributed by atoms with Crippen LogP contribution in [0.4, 0.5) is 0 Å². The third-order valence-electron chi connectivity index (χ3n) is 3.91. The predicted octanol–water partition coefficient (Wildman–Crippen LogP) is 2.17. The number of carbonyl (C=O) groups excluding carboxylic acids is 1. The first-order valence-electron chi connectivity index (χ1n) is 7.71. The van der Waals surface area contributed by atoms with Gasteiger partial charge in [-0.1, -0.05) is 17.7 Å². The van der Waals surface area contributed by atoms with Crippen molar-refractivity contribution in [3.8, 4) is 0 Å². The van der Waals surface area contributed by atoms with Gasteiger partial charge < -0.3 is 9.88 Å². The number of fused-ring (bicyclic) bond motifs is 1. The number of piperazine rings is 1. The molecular formula is C17H22N4O. The van der Waals surface area contributed by atoms with E-state index in [1.54, 1.807) is 6.08 Å². The summed E-state index contributed by atoms with van der Waals surface area (Å²) in [6.45, 7) is 8.05. The molecule has 1 aliphatic rings. The normalized spacial score (nSPS) is 16.0. The van der Waals surface area contributed by atoms with Crippen LogP contribution in [0.5, 0.6) is 0 Å². The largest absolute Gasteiger partial charge is 0.341 e. The van der Waals surface area contributed by atoms with Crippen molar-refractivity contribution in [1.82, 2.24) is 19.8 Å². The fourth-order valence-electron chi connectivity index (χ4n) is 2.76. The summed E-state index contributed by atoms with van der Waals surface area (Å²) < 4.78 is 0. The molecule has 5 nitrogen and oxygen atoms in total. The summed E-state index contributed by atoms with van der Waals surface area (Å²) in [5, 5.41) is 0. The lowest BCUT2D eigenvalue weighted by molar-refractivity contribution is -0.127. The Morgan fingerprint density at radius 1 is 1.23 bits per heavy atom. The van der Waals surface area contributed by atoms with Crippen molar-refractivity contribution in [3.63, 3.8) is 0 Å². The molecule has 2 aromatic rings. The highest BCUT2D eigenvalue weighted by atomic mass is 16.2. The lowest BCUT2D eigenvalue weighted by Crippen LogP contribution is -2.48. The Kier molecular flexibility index (Phi) is 4.24. The molecule has 1 aromatic carbocycles. The van der Waals surface area contributed by atoms with Crippen LogP contribution >= 0.6 is 0 Å². The molecule has 2 heterocycles. The molecule has 1 aromatic heterocycles. The second kappa shape index (κ2) is 6.32. The molecule has 22 heavy (non-hydrogen) atoms. The number of hydrogen-bond acceptors (Lipinski definition) is 3. The number of aromatic nitrogens is 2. The van der Waals surface area contributed by atoms with E-state index in [1.165, 1.54) is 0 Å². The maximum absolute atomic E-state index is 12.0. The summed E-state index contributed by atoms with van der Waals surface area (Å²) in [5.41, 5.74) is 3.14. The summed E-state index contributed by atoms with van der Waals surface area (Å²) in [5.74, 6) is 1.12. The Balaban J connectivity index is 1.57. The number of benzene rings is 1. The fraction of sp³-hybridized carbons (Fsp3) is 0.412. The van der Waals surface area contributed by atoms with E-state index in [0.717, 1.165) is 55.2 Å². The minimum atomic E-state index is 0.128. The molecule has 0 saturated carbocycles. The number of nitrogens with zero attached hydrogens (tertiary/aromatic N) is 3. The maximum atomic E-state index is 12.0. The van der Waals surface area contributed by atoms with E-state index in [0.29, 0.717) is 0 Å². The van der Waals surface area contributed by atoms with Crippen molar-refractivity contribution < 1.29 is 4.79 Å². The first-order valence-corrected chi connectivity index (χ1v) is 7.71.